The van der Waals surface area contributed by atoms with Gasteiger partial charge in [0.2, 0.25) is 0 Å². The molecule has 0 atom stereocenters. The van der Waals surface area contributed by atoms with Crippen molar-refractivity contribution in [1.82, 2.24) is 0 Å². The lowest BCUT2D eigenvalue weighted by molar-refractivity contribution is -0.0237. The van der Waals surface area contributed by atoms with Crippen LogP contribution < -0.4 is 0 Å². The lowest BCUT2D eigenvalue weighted by Crippen LogP contribution is -2.25. The van der Waals surface area contributed by atoms with Crippen molar-refractivity contribution in [2.75, 3.05) is 6.61 Å². The van der Waals surface area contributed by atoms with Crippen LogP contribution in [0.3, 0.4) is 0 Å². The third-order valence-electron chi connectivity index (χ3n) is 1.87. The van der Waals surface area contributed by atoms with Gasteiger partial charge in [-0.05, 0) is 25.7 Å². The molecule has 13 heavy (non-hydrogen) atoms. The van der Waals surface area contributed by atoms with Crippen molar-refractivity contribution >= 4 is 0 Å². The average Bonchev–Trinajstić information content (AvgIpc) is 1.82. The van der Waals surface area contributed by atoms with Gasteiger partial charge >= 0.3 is 0 Å². The topological polar surface area (TPSA) is 9.23 Å². The van der Waals surface area contributed by atoms with E-state index in [1.165, 1.54) is 0 Å². The zero-order chi connectivity index (χ0) is 10.5. The lowest BCUT2D eigenvalue weighted by atomic mass is 9.93. The third-order valence-corrected chi connectivity index (χ3v) is 1.87. The first kappa shape index (κ1) is 12.5. The number of rotatable bonds is 4. The maximum Gasteiger partial charge on any atom is 0.0735 e. The van der Waals surface area contributed by atoms with E-state index in [9.17, 15) is 0 Å². The van der Waals surface area contributed by atoms with Crippen LogP contribution in [0.5, 0.6) is 0 Å². The molecule has 0 N–H and O–H groups in total. The van der Waals surface area contributed by atoms with E-state index < -0.39 is 0 Å². The minimum Gasteiger partial charge on any atom is -0.375 e. The Labute approximate surface area is 82.9 Å². The second-order valence-electron chi connectivity index (χ2n) is 5.30. The molecule has 0 heterocycles. The summed E-state index contributed by atoms with van der Waals surface area (Å²) in [5, 5.41) is 0. The second-order valence-corrected chi connectivity index (χ2v) is 5.30. The van der Waals surface area contributed by atoms with Crippen LogP contribution in [0.2, 0.25) is 0 Å². The molecule has 0 aliphatic heterocycles. The van der Waals surface area contributed by atoms with E-state index in [0.29, 0.717) is 11.8 Å². The van der Waals surface area contributed by atoms with Crippen molar-refractivity contribution in [3.8, 4) is 12.3 Å². The summed E-state index contributed by atoms with van der Waals surface area (Å²) in [6, 6.07) is 0. The Morgan fingerprint density at radius 3 is 2.08 bits per heavy atom. The number of ether oxygens (including phenoxy) is 1. The first-order valence-electron chi connectivity index (χ1n) is 4.84. The minimum atomic E-state index is -0.167. The van der Waals surface area contributed by atoms with Crippen LogP contribution in [0.1, 0.15) is 47.5 Å². The summed E-state index contributed by atoms with van der Waals surface area (Å²) in [7, 11) is 0. The highest BCUT2D eigenvalue weighted by Gasteiger charge is 2.18. The molecule has 0 unspecified atom stereocenters. The normalized spacial score (nSPS) is 12.6. The van der Waals surface area contributed by atoms with Gasteiger partial charge in [0.15, 0.2) is 0 Å². The first-order chi connectivity index (χ1) is 5.77. The van der Waals surface area contributed by atoms with Gasteiger partial charge in [0.1, 0.15) is 0 Å². The number of terminal acetylenes is 1. The van der Waals surface area contributed by atoms with Gasteiger partial charge in [0.05, 0.1) is 5.60 Å². The molecule has 0 aromatic carbocycles. The molecule has 0 rings (SSSR count). The zero-order valence-electron chi connectivity index (χ0n) is 9.61. The molecular formula is C12H22O. The molecule has 0 spiro atoms. The summed E-state index contributed by atoms with van der Waals surface area (Å²) in [4.78, 5) is 0. The Kier molecular flexibility index (Phi) is 4.50. The molecule has 0 aliphatic carbocycles. The first-order valence-corrected chi connectivity index (χ1v) is 4.84. The molecule has 0 saturated carbocycles. The molecular weight excluding hydrogens is 160 g/mol. The van der Waals surface area contributed by atoms with Crippen LogP contribution in [0.25, 0.3) is 0 Å². The van der Waals surface area contributed by atoms with E-state index >= 15 is 0 Å². The van der Waals surface area contributed by atoms with Gasteiger partial charge < -0.3 is 4.74 Å². The van der Waals surface area contributed by atoms with Gasteiger partial charge in [-0.15, -0.1) is 12.3 Å². The van der Waals surface area contributed by atoms with Gasteiger partial charge in [-0.3, -0.25) is 0 Å². The van der Waals surface area contributed by atoms with Gasteiger partial charge in [0.25, 0.3) is 0 Å². The number of hydrogen-bond acceptors (Lipinski definition) is 1. The van der Waals surface area contributed by atoms with Crippen LogP contribution in [-0.2, 0) is 4.74 Å². The van der Waals surface area contributed by atoms with Gasteiger partial charge in [0, 0.05) is 13.0 Å². The van der Waals surface area contributed by atoms with Crippen molar-refractivity contribution < 1.29 is 4.74 Å². The maximum absolute atomic E-state index is 5.70. The Hall–Kier alpha value is -0.480. The number of hydrogen-bond donors (Lipinski definition) is 0. The summed E-state index contributed by atoms with van der Waals surface area (Å²) in [5.74, 6) is 2.63. The molecule has 76 valence electrons. The molecule has 1 heteroatoms. The van der Waals surface area contributed by atoms with Crippen LogP contribution in [-0.4, -0.2) is 12.2 Å². The molecule has 0 fully saturated rings. The predicted molar refractivity (Wildman–Crippen MR) is 57.6 cm³/mol. The average molecular weight is 182 g/mol. The molecule has 0 bridgehead atoms. The van der Waals surface area contributed by atoms with E-state index in [2.05, 4.69) is 26.7 Å². The fourth-order valence-electron chi connectivity index (χ4n) is 0.930. The van der Waals surface area contributed by atoms with Crippen molar-refractivity contribution in [3.63, 3.8) is 0 Å². The van der Waals surface area contributed by atoms with E-state index in [-0.39, 0.29) is 5.60 Å². The summed E-state index contributed by atoms with van der Waals surface area (Å²) >= 11 is 0. The summed E-state index contributed by atoms with van der Waals surface area (Å²) < 4.78 is 5.70. The highest BCUT2D eigenvalue weighted by Crippen LogP contribution is 2.21. The monoisotopic (exact) mass is 182 g/mol. The third kappa shape index (κ3) is 7.87. The van der Waals surface area contributed by atoms with Crippen LogP contribution in [0.4, 0.5) is 0 Å². The molecule has 0 amide bonds. The van der Waals surface area contributed by atoms with Crippen LogP contribution in [0, 0.1) is 17.8 Å². The quantitative estimate of drug-likeness (QED) is 0.606. The fraction of sp³-hybridized carbons (Fsp3) is 0.833. The van der Waals surface area contributed by atoms with Gasteiger partial charge in [-0.2, -0.15) is 0 Å². The Morgan fingerprint density at radius 1 is 1.15 bits per heavy atom. The summed E-state index contributed by atoms with van der Waals surface area (Å²) in [6.07, 6.45) is 6.99. The molecule has 0 aromatic rings. The highest BCUT2D eigenvalue weighted by atomic mass is 16.5. The van der Waals surface area contributed by atoms with E-state index in [1.807, 2.05) is 13.8 Å². The fourth-order valence-corrected chi connectivity index (χ4v) is 0.930. The standard InChI is InChI=1S/C12H22O/c1-7-8-12(5,6)13-10-9-11(2,3)4/h1H,8-10H2,2-6H3. The van der Waals surface area contributed by atoms with Crippen molar-refractivity contribution in [2.45, 2.75) is 53.1 Å². The SMILES string of the molecule is C#CCC(C)(C)OCCC(C)(C)C. The lowest BCUT2D eigenvalue weighted by Gasteiger charge is -2.25. The molecule has 1 nitrogen and oxygen atoms in total. The van der Waals surface area contributed by atoms with E-state index in [0.717, 1.165) is 13.0 Å². The van der Waals surface area contributed by atoms with Crippen LogP contribution in [0.15, 0.2) is 0 Å². The van der Waals surface area contributed by atoms with Gasteiger partial charge in [-0.1, -0.05) is 20.8 Å². The Morgan fingerprint density at radius 2 is 1.69 bits per heavy atom. The predicted octanol–water partition coefficient (Wildman–Crippen LogP) is 3.24. The van der Waals surface area contributed by atoms with Crippen LogP contribution >= 0.6 is 0 Å². The minimum absolute atomic E-state index is 0.167. The highest BCUT2D eigenvalue weighted by molar-refractivity contribution is 4.91. The molecule has 0 radical (unpaired) electrons. The second kappa shape index (κ2) is 4.67. The zero-order valence-corrected chi connectivity index (χ0v) is 9.61. The smallest absolute Gasteiger partial charge is 0.0735 e. The van der Waals surface area contributed by atoms with Gasteiger partial charge in [-0.25, -0.2) is 0 Å². The summed E-state index contributed by atoms with van der Waals surface area (Å²) in [6.45, 7) is 11.5. The maximum atomic E-state index is 5.70. The molecule has 0 saturated heterocycles. The molecule has 0 aliphatic rings. The van der Waals surface area contributed by atoms with Crippen molar-refractivity contribution in [1.29, 1.82) is 0 Å². The van der Waals surface area contributed by atoms with E-state index in [1.54, 1.807) is 0 Å². The Bertz CT molecular complexity index is 178. The summed E-state index contributed by atoms with van der Waals surface area (Å²) in [5.41, 5.74) is 0.173. The Balaban J connectivity index is 3.71. The molecule has 0 aromatic heterocycles. The van der Waals surface area contributed by atoms with E-state index in [4.69, 9.17) is 11.2 Å². The van der Waals surface area contributed by atoms with Crippen molar-refractivity contribution in [3.05, 3.63) is 0 Å². The largest absolute Gasteiger partial charge is 0.375 e. The van der Waals surface area contributed by atoms with Crippen molar-refractivity contribution in [2.24, 2.45) is 5.41 Å².